The minimum Gasteiger partial charge on any atom is -0.352 e. The summed E-state index contributed by atoms with van der Waals surface area (Å²) >= 11 is 3.28. The van der Waals surface area contributed by atoms with Gasteiger partial charge in [0, 0.05) is 23.0 Å². The van der Waals surface area contributed by atoms with Gasteiger partial charge in [-0.3, -0.25) is 4.79 Å². The molecule has 0 radical (unpaired) electrons. The van der Waals surface area contributed by atoms with Crippen LogP contribution >= 0.6 is 15.9 Å². The highest BCUT2D eigenvalue weighted by Gasteiger charge is 2.08. The topological polar surface area (TPSA) is 29.1 Å². The largest absolute Gasteiger partial charge is 0.352 e. The van der Waals surface area contributed by atoms with E-state index < -0.39 is 0 Å². The van der Waals surface area contributed by atoms with Crippen molar-refractivity contribution in [1.29, 1.82) is 0 Å². The quantitative estimate of drug-likeness (QED) is 0.884. The monoisotopic (exact) mass is 301 g/mol. The molecule has 0 aliphatic rings. The van der Waals surface area contributed by atoms with E-state index in [0.29, 0.717) is 17.9 Å². The summed E-state index contributed by atoms with van der Waals surface area (Å²) in [5.41, 5.74) is 0.497. The van der Waals surface area contributed by atoms with Crippen molar-refractivity contribution in [2.24, 2.45) is 5.92 Å². The Morgan fingerprint density at radius 1 is 1.53 bits per heavy atom. The number of amides is 1. The van der Waals surface area contributed by atoms with Crippen LogP contribution in [0, 0.1) is 11.7 Å². The molecular weight excluding hydrogens is 285 g/mol. The molecule has 0 saturated heterocycles. The summed E-state index contributed by atoms with van der Waals surface area (Å²) in [4.78, 5) is 11.5. The van der Waals surface area contributed by atoms with Crippen LogP contribution in [0.5, 0.6) is 0 Å². The van der Waals surface area contributed by atoms with Crippen LogP contribution in [0.3, 0.4) is 0 Å². The fraction of sp³-hybridized carbons (Fsp3) is 0.462. The molecule has 0 bridgehead atoms. The number of carbonyl (C=O) groups excluding carboxylic acids is 1. The molecule has 1 N–H and O–H groups in total. The minimum absolute atomic E-state index is 0.0290. The zero-order chi connectivity index (χ0) is 12.8. The summed E-state index contributed by atoms with van der Waals surface area (Å²) in [6.07, 6.45) is 1.46. The molecule has 0 spiro atoms. The van der Waals surface area contributed by atoms with Crippen molar-refractivity contribution in [3.63, 3.8) is 0 Å². The number of benzene rings is 1. The maximum Gasteiger partial charge on any atom is 0.220 e. The molecule has 0 aromatic heterocycles. The third-order valence-electron chi connectivity index (χ3n) is 2.71. The van der Waals surface area contributed by atoms with E-state index >= 15 is 0 Å². The van der Waals surface area contributed by atoms with Gasteiger partial charge < -0.3 is 5.32 Å². The molecule has 4 heteroatoms. The maximum atomic E-state index is 13.4. The SMILES string of the molecule is CCC(C)CC(=O)NCc1cc(Br)ccc1F. The Bertz CT molecular complexity index is 395. The summed E-state index contributed by atoms with van der Waals surface area (Å²) in [5.74, 6) is 0.0399. The van der Waals surface area contributed by atoms with Crippen molar-refractivity contribution in [3.8, 4) is 0 Å². The first-order valence-corrected chi connectivity index (χ1v) is 6.52. The molecule has 1 unspecified atom stereocenters. The smallest absolute Gasteiger partial charge is 0.220 e. The molecule has 0 aliphatic heterocycles. The zero-order valence-electron chi connectivity index (χ0n) is 10.1. The van der Waals surface area contributed by atoms with E-state index in [1.165, 1.54) is 6.07 Å². The fourth-order valence-electron chi connectivity index (χ4n) is 1.41. The normalized spacial score (nSPS) is 12.2. The molecule has 17 heavy (non-hydrogen) atoms. The van der Waals surface area contributed by atoms with Crippen LogP contribution in [0.25, 0.3) is 0 Å². The zero-order valence-corrected chi connectivity index (χ0v) is 11.7. The highest BCUT2D eigenvalue weighted by Crippen LogP contribution is 2.15. The van der Waals surface area contributed by atoms with Gasteiger partial charge in [-0.2, -0.15) is 0 Å². The molecule has 1 rings (SSSR count). The Kier molecular flexibility index (Phi) is 5.62. The van der Waals surface area contributed by atoms with Gasteiger partial charge in [-0.15, -0.1) is 0 Å². The number of halogens is 2. The van der Waals surface area contributed by atoms with Crippen LogP contribution in [0.4, 0.5) is 4.39 Å². The second-order valence-corrected chi connectivity index (χ2v) is 5.15. The summed E-state index contributed by atoms with van der Waals surface area (Å²) in [6.45, 7) is 4.31. The molecule has 0 saturated carbocycles. The molecule has 94 valence electrons. The van der Waals surface area contributed by atoms with E-state index in [1.807, 2.05) is 13.8 Å². The van der Waals surface area contributed by atoms with Crippen LogP contribution in [0.15, 0.2) is 22.7 Å². The van der Waals surface area contributed by atoms with Gasteiger partial charge in [0.2, 0.25) is 5.91 Å². The van der Waals surface area contributed by atoms with E-state index in [2.05, 4.69) is 21.2 Å². The van der Waals surface area contributed by atoms with Crippen LogP contribution < -0.4 is 5.32 Å². The van der Waals surface area contributed by atoms with E-state index in [0.717, 1.165) is 10.9 Å². The van der Waals surface area contributed by atoms with E-state index in [1.54, 1.807) is 12.1 Å². The summed E-state index contributed by atoms with van der Waals surface area (Å²) in [5, 5.41) is 2.73. The van der Waals surface area contributed by atoms with Gasteiger partial charge in [0.15, 0.2) is 0 Å². The van der Waals surface area contributed by atoms with Gasteiger partial charge >= 0.3 is 0 Å². The molecule has 0 heterocycles. The van der Waals surface area contributed by atoms with Crippen LogP contribution in [-0.4, -0.2) is 5.91 Å². The Morgan fingerprint density at radius 2 is 2.24 bits per heavy atom. The minimum atomic E-state index is -0.294. The van der Waals surface area contributed by atoms with E-state index in [9.17, 15) is 9.18 Å². The second kappa shape index (κ2) is 6.74. The Hall–Kier alpha value is -0.900. The van der Waals surface area contributed by atoms with Crippen molar-refractivity contribution in [2.45, 2.75) is 33.2 Å². The standard InChI is InChI=1S/C13H17BrFNO/c1-3-9(2)6-13(17)16-8-10-7-11(14)4-5-12(10)15/h4-5,7,9H,3,6,8H2,1-2H3,(H,16,17). The molecule has 1 amide bonds. The third kappa shape index (κ3) is 4.86. The summed E-state index contributed by atoms with van der Waals surface area (Å²) in [6, 6.07) is 4.71. The van der Waals surface area contributed by atoms with Crippen molar-refractivity contribution in [3.05, 3.63) is 34.1 Å². The van der Waals surface area contributed by atoms with Crippen molar-refractivity contribution in [2.75, 3.05) is 0 Å². The first-order valence-electron chi connectivity index (χ1n) is 5.73. The van der Waals surface area contributed by atoms with Crippen molar-refractivity contribution < 1.29 is 9.18 Å². The Labute approximate surface area is 110 Å². The average Bonchev–Trinajstić information content (AvgIpc) is 2.30. The maximum absolute atomic E-state index is 13.4. The van der Waals surface area contributed by atoms with E-state index in [4.69, 9.17) is 0 Å². The number of nitrogens with one attached hydrogen (secondary N) is 1. The predicted molar refractivity (Wildman–Crippen MR) is 70.0 cm³/mol. The first-order chi connectivity index (χ1) is 8.02. The van der Waals surface area contributed by atoms with E-state index in [-0.39, 0.29) is 18.3 Å². The number of carbonyl (C=O) groups is 1. The molecule has 2 nitrogen and oxygen atoms in total. The van der Waals surface area contributed by atoms with Gasteiger partial charge in [0.05, 0.1) is 0 Å². The van der Waals surface area contributed by atoms with Crippen LogP contribution in [0.2, 0.25) is 0 Å². The van der Waals surface area contributed by atoms with Gasteiger partial charge in [-0.25, -0.2) is 4.39 Å². The van der Waals surface area contributed by atoms with Crippen molar-refractivity contribution >= 4 is 21.8 Å². The van der Waals surface area contributed by atoms with Crippen LogP contribution in [-0.2, 0) is 11.3 Å². The van der Waals surface area contributed by atoms with Crippen molar-refractivity contribution in [1.82, 2.24) is 5.32 Å². The Morgan fingerprint density at radius 3 is 2.88 bits per heavy atom. The lowest BCUT2D eigenvalue weighted by Crippen LogP contribution is -2.24. The molecule has 0 aliphatic carbocycles. The second-order valence-electron chi connectivity index (χ2n) is 4.23. The summed E-state index contributed by atoms with van der Waals surface area (Å²) < 4.78 is 14.2. The van der Waals surface area contributed by atoms with Gasteiger partial charge in [0.1, 0.15) is 5.82 Å². The average molecular weight is 302 g/mol. The van der Waals surface area contributed by atoms with Gasteiger partial charge in [0.25, 0.3) is 0 Å². The molecule has 1 atom stereocenters. The summed E-state index contributed by atoms with van der Waals surface area (Å²) in [7, 11) is 0. The molecular formula is C13H17BrFNO. The fourth-order valence-corrected chi connectivity index (χ4v) is 1.81. The van der Waals surface area contributed by atoms with Crippen LogP contribution in [0.1, 0.15) is 32.3 Å². The third-order valence-corrected chi connectivity index (χ3v) is 3.21. The lowest BCUT2D eigenvalue weighted by molar-refractivity contribution is -0.122. The molecule has 1 aromatic rings. The number of hydrogen-bond acceptors (Lipinski definition) is 1. The van der Waals surface area contributed by atoms with Gasteiger partial charge in [-0.1, -0.05) is 36.2 Å². The lowest BCUT2D eigenvalue weighted by Gasteiger charge is -2.10. The molecule has 0 fully saturated rings. The Balaban J connectivity index is 2.50. The highest BCUT2D eigenvalue weighted by molar-refractivity contribution is 9.10. The first kappa shape index (κ1) is 14.2. The highest BCUT2D eigenvalue weighted by atomic mass is 79.9. The molecule has 1 aromatic carbocycles. The lowest BCUT2D eigenvalue weighted by atomic mass is 10.1. The van der Waals surface area contributed by atoms with Gasteiger partial charge in [-0.05, 0) is 24.1 Å². The predicted octanol–water partition coefficient (Wildman–Crippen LogP) is 3.64. The number of rotatable bonds is 5. The number of hydrogen-bond donors (Lipinski definition) is 1.